The summed E-state index contributed by atoms with van der Waals surface area (Å²) in [7, 11) is 0. The summed E-state index contributed by atoms with van der Waals surface area (Å²) in [4.78, 5) is 122. The van der Waals surface area contributed by atoms with Crippen LogP contribution in [0.15, 0.2) is 229 Å². The van der Waals surface area contributed by atoms with Gasteiger partial charge < -0.3 is 18.9 Å². The maximum absolute atomic E-state index is 15.8. The van der Waals surface area contributed by atoms with E-state index in [0.29, 0.717) is 43.2 Å². The topological polar surface area (TPSA) is 173 Å². The van der Waals surface area contributed by atoms with E-state index in [1.807, 2.05) is 12.2 Å². The van der Waals surface area contributed by atoms with Gasteiger partial charge in [-0.2, -0.15) is 0 Å². The Morgan fingerprint density at radius 1 is 0.367 bits per heavy atom. The highest BCUT2D eigenvalue weighted by atomic mass is 32.1. The molecule has 10 aromatic rings. The van der Waals surface area contributed by atoms with E-state index in [1.54, 1.807) is 133 Å². The molecule has 0 amide bonds. The van der Waals surface area contributed by atoms with Crippen molar-refractivity contribution in [2.24, 2.45) is 11.8 Å². The van der Waals surface area contributed by atoms with Crippen molar-refractivity contribution in [2.45, 2.75) is 37.3 Å². The van der Waals surface area contributed by atoms with Gasteiger partial charge in [0.2, 0.25) is 10.8 Å². The first-order chi connectivity index (χ1) is 47.5. The number of Topliss-reactive ketones (excluding diaryl/α,β-unsaturated/α-hetero) is 4. The maximum atomic E-state index is 15.8. The Balaban J connectivity index is 0.869. The molecule has 0 radical (unpaired) electrons. The molecule has 2 aromatic heterocycles. The third-order valence-corrected chi connectivity index (χ3v) is 20.9. The number of benzene rings is 8. The zero-order chi connectivity index (χ0) is 67.5. The van der Waals surface area contributed by atoms with Gasteiger partial charge in [-0.3, -0.25) is 38.4 Å². The zero-order valence-electron chi connectivity index (χ0n) is 51.0. The van der Waals surface area contributed by atoms with Crippen LogP contribution in [-0.4, -0.2) is 47.0 Å². The molecular weight excluding hydrogens is 1290 g/mol. The molecule has 2 unspecified atom stereocenters. The minimum Gasteiger partial charge on any atom is -0.459 e. The molecule has 0 N–H and O–H groups in total. The molecule has 0 fully saturated rings. The van der Waals surface area contributed by atoms with Crippen molar-refractivity contribution in [1.29, 1.82) is 0 Å². The number of hydrogen-bond donors (Lipinski definition) is 0. The summed E-state index contributed by atoms with van der Waals surface area (Å²) in [6, 6.07) is 47.3. The quantitative estimate of drug-likeness (QED) is 0.0252. The molecule has 0 spiro atoms. The number of ketones is 4. The van der Waals surface area contributed by atoms with Crippen LogP contribution in [0.4, 0.5) is 17.6 Å². The van der Waals surface area contributed by atoms with Crippen molar-refractivity contribution in [1.82, 2.24) is 0 Å². The van der Waals surface area contributed by atoms with Crippen molar-refractivity contribution < 1.29 is 74.9 Å². The Bertz CT molecular complexity index is 4870. The lowest BCUT2D eigenvalue weighted by Crippen LogP contribution is -2.47. The van der Waals surface area contributed by atoms with Gasteiger partial charge in [0.1, 0.15) is 26.4 Å². The van der Waals surface area contributed by atoms with Gasteiger partial charge in [0, 0.05) is 64.7 Å². The Labute approximate surface area is 562 Å². The fourth-order valence-corrected chi connectivity index (χ4v) is 16.4. The number of carbonyl (C=O) groups is 8. The monoisotopic (exact) mass is 1340 g/mol. The molecule has 18 heteroatoms. The van der Waals surface area contributed by atoms with Crippen LogP contribution in [-0.2, 0) is 75.4 Å². The first kappa shape index (κ1) is 61.3. The molecule has 0 bridgehead atoms. The number of hydrogen-bond acceptors (Lipinski definition) is 14. The van der Waals surface area contributed by atoms with Gasteiger partial charge >= 0.3 is 23.9 Å². The molecule has 0 aliphatic heterocycles. The molecule has 0 saturated carbocycles. The predicted molar refractivity (Wildman–Crippen MR) is 357 cm³/mol. The fraction of sp³-hybridized carbons (Fsp3) is 0.100. The molecule has 8 aromatic carbocycles. The highest BCUT2D eigenvalue weighted by Crippen LogP contribution is 2.62. The first-order valence-electron chi connectivity index (χ1n) is 31.0. The van der Waals surface area contributed by atoms with Crippen molar-refractivity contribution >= 4 is 115 Å². The van der Waals surface area contributed by atoms with Gasteiger partial charge in [-0.1, -0.05) is 146 Å². The fourth-order valence-electron chi connectivity index (χ4n) is 14.0. The molecule has 12 nitrogen and oxygen atoms in total. The van der Waals surface area contributed by atoms with Crippen molar-refractivity contribution in [2.75, 3.05) is 0 Å². The van der Waals surface area contributed by atoms with E-state index >= 15 is 19.2 Å². The lowest BCUT2D eigenvalue weighted by Gasteiger charge is -2.35. The Hall–Kier alpha value is -11.6. The van der Waals surface area contributed by atoms with Crippen LogP contribution in [0.2, 0.25) is 0 Å². The normalized spacial score (nSPS) is 17.1. The van der Waals surface area contributed by atoms with Crippen LogP contribution in [0, 0.1) is 35.1 Å². The summed E-state index contributed by atoms with van der Waals surface area (Å²) >= 11 is 2.12. The second-order valence-electron chi connectivity index (χ2n) is 24.5. The van der Waals surface area contributed by atoms with Crippen LogP contribution in [0.25, 0.3) is 44.8 Å². The summed E-state index contributed by atoms with van der Waals surface area (Å²) in [5.41, 5.74) is -1.96. The Morgan fingerprint density at radius 2 is 0.633 bits per heavy atom. The van der Waals surface area contributed by atoms with Crippen molar-refractivity contribution in [3.8, 4) is 0 Å². The Morgan fingerprint density at radius 3 is 0.898 bits per heavy atom. The second kappa shape index (κ2) is 23.6. The van der Waals surface area contributed by atoms with Crippen LogP contribution in [0.5, 0.6) is 0 Å². The van der Waals surface area contributed by atoms with Gasteiger partial charge in [0.05, 0.1) is 11.1 Å². The van der Waals surface area contributed by atoms with Crippen molar-refractivity contribution in [3.63, 3.8) is 0 Å². The number of halogens is 4. The van der Waals surface area contributed by atoms with Crippen LogP contribution in [0.3, 0.4) is 0 Å². The maximum Gasteiger partial charge on any atom is 0.333 e. The molecule has 2 heterocycles. The minimum atomic E-state index is -2.41. The number of carbonyl (C=O) groups excluding carboxylic acids is 8. The summed E-state index contributed by atoms with van der Waals surface area (Å²) in [6.07, 6.45) is 9.83. The summed E-state index contributed by atoms with van der Waals surface area (Å²) in [5.74, 6) is -13.0. The number of esters is 4. The summed E-state index contributed by atoms with van der Waals surface area (Å²) in [5, 5.41) is 0.752. The standard InChI is InChI=1S/C80H46F4O12S2/c81-65-29-47-21-53-54(22-48(47)30-66(65)82)70(86)59(69(53)85)33-51-35-63-73(97-51)57-25-46-28-62-58(26-45(46)27-61(57)79(63,75(89)93-37-41-13-5-1-6-14-41)76(90)94-38-42-15-7-2-8-16-42)74-64(80(62,77(91)95-39-43-17-9-3-10-18-43)78(92)96-40-44-19-11-4-12-20-44)36-52(98-74)34-60-71(87)55-23-49-31-67(83)68(84)32-50(49)24-56(55)72(60)88/h1-36,45-46H,37-40H2. The Kier molecular flexibility index (Phi) is 14.8. The van der Waals surface area contributed by atoms with E-state index in [9.17, 15) is 36.7 Å². The van der Waals surface area contributed by atoms with E-state index in [4.69, 9.17) is 18.9 Å². The van der Waals surface area contributed by atoms with Crippen LogP contribution >= 0.6 is 22.7 Å². The average Bonchev–Trinajstić information content (AvgIpc) is 1.52. The predicted octanol–water partition coefficient (Wildman–Crippen LogP) is 15.7. The smallest absolute Gasteiger partial charge is 0.333 e. The highest BCUT2D eigenvalue weighted by Gasteiger charge is 2.64. The van der Waals surface area contributed by atoms with Gasteiger partial charge in [-0.15, -0.1) is 22.7 Å². The molecule has 6 aliphatic rings. The number of rotatable bonds is 14. The van der Waals surface area contributed by atoms with Crippen LogP contribution in [0.1, 0.15) is 94.3 Å². The lowest BCUT2D eigenvalue weighted by atomic mass is 9.68. The largest absolute Gasteiger partial charge is 0.459 e. The minimum absolute atomic E-state index is 0.0343. The first-order valence-corrected chi connectivity index (χ1v) is 32.6. The zero-order valence-corrected chi connectivity index (χ0v) is 52.6. The number of fused-ring (bicyclic) bond motifs is 11. The SMILES string of the molecule is O=C1C(=Cc2cc3c(s2)C2=CC4C=C5C(=CC4C=C2C3(C(=O)OCc2ccccc2)C(=O)OCc2ccccc2)c2sc(C=C3C(=O)c4cc6cc(F)c(F)cc6cc4C3=O)cc2C5(C(=O)OCc2ccccc2)C(=O)OCc2ccccc2)C(=O)c2cc3cc(F)c(F)cc3cc21. The lowest BCUT2D eigenvalue weighted by molar-refractivity contribution is -0.166. The number of allylic oxidation sites excluding steroid dienone is 8. The van der Waals surface area contributed by atoms with E-state index in [1.165, 1.54) is 48.6 Å². The van der Waals surface area contributed by atoms with Crippen molar-refractivity contribution in [3.05, 3.63) is 327 Å². The van der Waals surface area contributed by atoms with Gasteiger partial charge in [-0.05, 0) is 139 Å². The molecule has 6 aliphatic carbocycles. The molecule has 2 atom stereocenters. The number of thiophene rings is 2. The molecule has 0 saturated heterocycles. The summed E-state index contributed by atoms with van der Waals surface area (Å²) in [6.45, 7) is -1.15. The molecular formula is C80H46F4O12S2. The average molecular weight is 1340 g/mol. The van der Waals surface area contributed by atoms with E-state index in [-0.39, 0.29) is 113 Å². The molecule has 16 rings (SSSR count). The van der Waals surface area contributed by atoms with E-state index < -0.39 is 92.9 Å². The van der Waals surface area contributed by atoms with E-state index in [0.717, 1.165) is 46.9 Å². The molecule has 98 heavy (non-hydrogen) atoms. The summed E-state index contributed by atoms with van der Waals surface area (Å²) < 4.78 is 83.0. The molecule has 478 valence electrons. The second-order valence-corrected chi connectivity index (χ2v) is 26.6. The van der Waals surface area contributed by atoms with Gasteiger partial charge in [0.15, 0.2) is 46.4 Å². The van der Waals surface area contributed by atoms with Crippen LogP contribution < -0.4 is 0 Å². The third kappa shape index (κ3) is 9.83. The van der Waals surface area contributed by atoms with Gasteiger partial charge in [-0.25, -0.2) is 17.6 Å². The van der Waals surface area contributed by atoms with E-state index in [2.05, 4.69) is 0 Å². The number of ether oxygens (including phenoxy) is 4. The highest BCUT2D eigenvalue weighted by molar-refractivity contribution is 7.15. The third-order valence-electron chi connectivity index (χ3n) is 18.7. The van der Waals surface area contributed by atoms with Gasteiger partial charge in [0.25, 0.3) is 0 Å².